The van der Waals surface area contributed by atoms with Crippen LogP contribution in [0.4, 0.5) is 17.6 Å². The minimum Gasteiger partial charge on any atom is -0.743 e. The summed E-state index contributed by atoms with van der Waals surface area (Å²) in [5.41, 5.74) is 1.33. The molecule has 5 nitrogen and oxygen atoms in total. The van der Waals surface area contributed by atoms with Crippen molar-refractivity contribution >= 4 is 10.1 Å². The standard InChI is InChI=1S/C11H13N2.C2H2F4O3S/c1-12-7-8-13(10-12)9-11-5-3-2-4-6-11;3-1(4)2(5,6)10(7,8)9/h2-8,10H,9H2,1H3;1H,(H,7,8,9)/q+1;/p-1. The van der Waals surface area contributed by atoms with Crippen LogP contribution in [0.25, 0.3) is 0 Å². The quantitative estimate of drug-likeness (QED) is 0.477. The van der Waals surface area contributed by atoms with Crippen LogP contribution in [0.3, 0.4) is 0 Å². The van der Waals surface area contributed by atoms with Crippen LogP contribution in [0.1, 0.15) is 5.56 Å². The average Bonchev–Trinajstić information content (AvgIpc) is 2.84. The summed E-state index contributed by atoms with van der Waals surface area (Å²) in [7, 11) is -4.21. The maximum Gasteiger partial charge on any atom is 0.393 e. The van der Waals surface area contributed by atoms with Crippen molar-refractivity contribution in [3.63, 3.8) is 0 Å². The van der Waals surface area contributed by atoms with Gasteiger partial charge in [-0.2, -0.15) is 8.78 Å². The molecule has 0 atom stereocenters. The van der Waals surface area contributed by atoms with Crippen molar-refractivity contribution < 1.29 is 35.1 Å². The number of hydrogen-bond donors (Lipinski definition) is 0. The first-order valence-corrected chi connectivity index (χ1v) is 7.61. The molecule has 0 amide bonds. The lowest BCUT2D eigenvalue weighted by Crippen LogP contribution is -2.36. The van der Waals surface area contributed by atoms with Crippen LogP contribution in [-0.4, -0.2) is 29.2 Å². The topological polar surface area (TPSA) is 66.0 Å². The van der Waals surface area contributed by atoms with Gasteiger partial charge in [0.15, 0.2) is 10.1 Å². The monoisotopic (exact) mass is 354 g/mol. The number of aromatic nitrogens is 2. The van der Waals surface area contributed by atoms with Gasteiger partial charge in [-0.1, -0.05) is 30.3 Å². The van der Waals surface area contributed by atoms with Gasteiger partial charge < -0.3 is 4.55 Å². The van der Waals surface area contributed by atoms with Crippen LogP contribution in [0.2, 0.25) is 0 Å². The Kier molecular flexibility index (Phi) is 6.28. The number of aryl methyl sites for hydroxylation is 1. The Bertz CT molecular complexity index is 718. The van der Waals surface area contributed by atoms with Crippen molar-refractivity contribution in [2.45, 2.75) is 18.2 Å². The van der Waals surface area contributed by atoms with Gasteiger partial charge in [-0.15, -0.1) is 0 Å². The molecule has 0 aliphatic carbocycles. The van der Waals surface area contributed by atoms with Crippen molar-refractivity contribution in [3.05, 3.63) is 54.6 Å². The summed E-state index contributed by atoms with van der Waals surface area (Å²) in [5.74, 6) is 0. The smallest absolute Gasteiger partial charge is 0.393 e. The predicted molar refractivity (Wildman–Crippen MR) is 71.8 cm³/mol. The second-order valence-corrected chi connectivity index (χ2v) is 6.01. The number of imidazole rings is 1. The van der Waals surface area contributed by atoms with Crippen LogP contribution >= 0.6 is 0 Å². The lowest BCUT2D eigenvalue weighted by atomic mass is 10.2. The van der Waals surface area contributed by atoms with Crippen LogP contribution in [0.15, 0.2) is 49.1 Å². The summed E-state index contributed by atoms with van der Waals surface area (Å²) in [5, 5.41) is -5.48. The molecule has 0 bridgehead atoms. The van der Waals surface area contributed by atoms with E-state index in [1.165, 1.54) is 5.56 Å². The first-order valence-electron chi connectivity index (χ1n) is 6.20. The fourth-order valence-corrected chi connectivity index (χ4v) is 1.72. The third-order valence-electron chi connectivity index (χ3n) is 2.62. The van der Waals surface area contributed by atoms with Crippen LogP contribution in [-0.2, 0) is 23.7 Å². The second-order valence-electron chi connectivity index (χ2n) is 4.55. The number of halogens is 4. The van der Waals surface area contributed by atoms with E-state index in [9.17, 15) is 30.5 Å². The Balaban J connectivity index is 0.000000241. The summed E-state index contributed by atoms with van der Waals surface area (Å²) in [6.45, 7) is 0.946. The highest BCUT2D eigenvalue weighted by Gasteiger charge is 2.48. The first-order chi connectivity index (χ1) is 10.5. The molecule has 0 saturated heterocycles. The molecule has 2 rings (SSSR count). The van der Waals surface area contributed by atoms with Gasteiger partial charge in [0.1, 0.15) is 18.9 Å². The van der Waals surface area contributed by atoms with Crippen molar-refractivity contribution in [1.82, 2.24) is 4.57 Å². The number of nitrogens with zero attached hydrogens (tertiary/aromatic N) is 2. The average molecular weight is 354 g/mol. The first kappa shape index (κ1) is 19.1. The molecule has 1 aromatic heterocycles. The molecule has 0 unspecified atom stereocenters. The van der Waals surface area contributed by atoms with Gasteiger partial charge in [0.05, 0.1) is 7.05 Å². The highest BCUT2D eigenvalue weighted by molar-refractivity contribution is 7.86. The molecule has 1 aromatic carbocycles. The molecule has 1 heterocycles. The van der Waals surface area contributed by atoms with E-state index in [4.69, 9.17) is 0 Å². The van der Waals surface area contributed by atoms with Crippen LogP contribution < -0.4 is 4.57 Å². The number of alkyl halides is 4. The molecule has 0 spiro atoms. The van der Waals surface area contributed by atoms with E-state index in [2.05, 4.69) is 41.4 Å². The number of hydrogen-bond acceptors (Lipinski definition) is 3. The van der Waals surface area contributed by atoms with Crippen molar-refractivity contribution in [2.75, 3.05) is 0 Å². The molecule has 0 radical (unpaired) electrons. The molecular formula is C13H14F4N2O3S. The molecule has 0 fully saturated rings. The maximum absolute atomic E-state index is 11.4. The van der Waals surface area contributed by atoms with Crippen molar-refractivity contribution in [2.24, 2.45) is 7.05 Å². The minimum atomic E-state index is -6.23. The normalized spacial score (nSPS) is 12.0. The van der Waals surface area contributed by atoms with Gasteiger partial charge in [0.25, 0.3) is 0 Å². The van der Waals surface area contributed by atoms with Gasteiger partial charge in [-0.3, -0.25) is 0 Å². The predicted octanol–water partition coefficient (Wildman–Crippen LogP) is 1.75. The third kappa shape index (κ3) is 5.64. The summed E-state index contributed by atoms with van der Waals surface area (Å²) in [6, 6.07) is 10.5. The molecule has 0 aliphatic heterocycles. The Morgan fingerprint density at radius 1 is 1.26 bits per heavy atom. The molecule has 0 N–H and O–H groups in total. The zero-order chi connectivity index (χ0) is 17.7. The fourth-order valence-electron chi connectivity index (χ4n) is 1.50. The van der Waals surface area contributed by atoms with Gasteiger partial charge in [0.2, 0.25) is 6.33 Å². The molecule has 23 heavy (non-hydrogen) atoms. The molecule has 128 valence electrons. The fraction of sp³-hybridized carbons (Fsp3) is 0.308. The Morgan fingerprint density at radius 3 is 2.17 bits per heavy atom. The highest BCUT2D eigenvalue weighted by Crippen LogP contribution is 2.27. The van der Waals surface area contributed by atoms with E-state index < -0.39 is 21.8 Å². The number of benzene rings is 1. The highest BCUT2D eigenvalue weighted by atomic mass is 32.2. The summed E-state index contributed by atoms with van der Waals surface area (Å²) in [4.78, 5) is 0. The Labute approximate surface area is 130 Å². The van der Waals surface area contributed by atoms with Gasteiger partial charge >= 0.3 is 11.7 Å². The zero-order valence-corrected chi connectivity index (χ0v) is 12.8. The summed E-state index contributed by atoms with van der Waals surface area (Å²) in [6.07, 6.45) is 1.72. The van der Waals surface area contributed by atoms with Crippen LogP contribution in [0.5, 0.6) is 0 Å². The summed E-state index contributed by atoms with van der Waals surface area (Å²) < 4.78 is 76.9. The van der Waals surface area contributed by atoms with Crippen LogP contribution in [0, 0.1) is 0 Å². The SMILES string of the molecule is C[n+]1ccn(Cc2ccccc2)c1.O=S(=O)([O-])C(F)(F)C(F)F. The van der Waals surface area contributed by atoms with E-state index in [1.54, 1.807) is 0 Å². The lowest BCUT2D eigenvalue weighted by molar-refractivity contribution is -0.671. The second kappa shape index (κ2) is 7.55. The molecule has 2 aromatic rings. The summed E-state index contributed by atoms with van der Waals surface area (Å²) >= 11 is 0. The molecule has 0 aliphatic rings. The van der Waals surface area contributed by atoms with E-state index in [0.29, 0.717) is 0 Å². The molecule has 10 heteroatoms. The van der Waals surface area contributed by atoms with E-state index in [0.717, 1.165) is 6.54 Å². The Hall–Kier alpha value is -1.94. The zero-order valence-electron chi connectivity index (χ0n) is 11.9. The molecule has 0 saturated carbocycles. The van der Waals surface area contributed by atoms with Crippen molar-refractivity contribution in [3.8, 4) is 0 Å². The van der Waals surface area contributed by atoms with E-state index in [1.807, 2.05) is 23.9 Å². The van der Waals surface area contributed by atoms with Crippen molar-refractivity contribution in [1.29, 1.82) is 0 Å². The maximum atomic E-state index is 11.4. The van der Waals surface area contributed by atoms with Gasteiger partial charge in [-0.05, 0) is 5.56 Å². The largest absolute Gasteiger partial charge is 0.743 e. The van der Waals surface area contributed by atoms with Gasteiger partial charge in [-0.25, -0.2) is 26.3 Å². The molecular weight excluding hydrogens is 340 g/mol. The van der Waals surface area contributed by atoms with Gasteiger partial charge in [0, 0.05) is 0 Å². The number of rotatable bonds is 4. The third-order valence-corrected chi connectivity index (χ3v) is 3.46. The minimum absolute atomic E-state index is 0.946. The Morgan fingerprint density at radius 2 is 1.83 bits per heavy atom. The van der Waals surface area contributed by atoms with E-state index >= 15 is 0 Å². The lowest BCUT2D eigenvalue weighted by Gasteiger charge is -2.17. The van der Waals surface area contributed by atoms with E-state index in [-0.39, 0.29) is 0 Å².